The van der Waals surface area contributed by atoms with Gasteiger partial charge in [-0.25, -0.2) is 0 Å². The highest BCUT2D eigenvalue weighted by Crippen LogP contribution is 2.32. The van der Waals surface area contributed by atoms with Crippen LogP contribution in [0.3, 0.4) is 0 Å². The van der Waals surface area contributed by atoms with Gasteiger partial charge >= 0.3 is 0 Å². The van der Waals surface area contributed by atoms with E-state index >= 15 is 0 Å². The lowest BCUT2D eigenvalue weighted by molar-refractivity contribution is 0.273. The van der Waals surface area contributed by atoms with Crippen molar-refractivity contribution < 1.29 is 0 Å². The molecular weight excluding hydrogens is 321 g/mol. The molecule has 0 aliphatic heterocycles. The summed E-state index contributed by atoms with van der Waals surface area (Å²) < 4.78 is 0.584. The SMILES string of the molecule is CCCCNC(I)C(C(C)C)C1C=CC=CC1. The van der Waals surface area contributed by atoms with E-state index in [1.807, 2.05) is 0 Å². The highest BCUT2D eigenvalue weighted by molar-refractivity contribution is 14.1. The molecule has 0 bridgehead atoms. The summed E-state index contributed by atoms with van der Waals surface area (Å²) >= 11 is 2.59. The highest BCUT2D eigenvalue weighted by Gasteiger charge is 2.28. The van der Waals surface area contributed by atoms with Gasteiger partial charge in [0, 0.05) is 0 Å². The summed E-state index contributed by atoms with van der Waals surface area (Å²) in [4.78, 5) is 0. The van der Waals surface area contributed by atoms with Crippen molar-refractivity contribution >= 4 is 22.6 Å². The summed E-state index contributed by atoms with van der Waals surface area (Å²) in [6, 6.07) is 0. The Bertz CT molecular complexity index is 258. The van der Waals surface area contributed by atoms with Crippen LogP contribution < -0.4 is 5.32 Å². The maximum Gasteiger partial charge on any atom is 0.0630 e. The molecule has 3 atom stereocenters. The van der Waals surface area contributed by atoms with Crippen molar-refractivity contribution in [3.63, 3.8) is 0 Å². The molecule has 0 aromatic heterocycles. The van der Waals surface area contributed by atoms with Crippen molar-refractivity contribution in [2.45, 2.75) is 44.1 Å². The normalized spacial score (nSPS) is 23.0. The molecule has 0 radical (unpaired) electrons. The second-order valence-corrected chi connectivity index (χ2v) is 6.59. The minimum absolute atomic E-state index is 0.584. The third-order valence-electron chi connectivity index (χ3n) is 3.49. The predicted octanol–water partition coefficient (Wildman–Crippen LogP) is 4.54. The molecule has 17 heavy (non-hydrogen) atoms. The van der Waals surface area contributed by atoms with Crippen molar-refractivity contribution in [2.24, 2.45) is 17.8 Å². The van der Waals surface area contributed by atoms with Crippen LogP contribution in [0.2, 0.25) is 0 Å². The minimum Gasteiger partial charge on any atom is -0.305 e. The van der Waals surface area contributed by atoms with Gasteiger partial charge in [0.25, 0.3) is 0 Å². The van der Waals surface area contributed by atoms with Crippen LogP contribution in [0.25, 0.3) is 0 Å². The molecule has 0 spiro atoms. The maximum atomic E-state index is 3.69. The fourth-order valence-electron chi connectivity index (χ4n) is 2.49. The van der Waals surface area contributed by atoms with E-state index in [1.165, 1.54) is 19.3 Å². The van der Waals surface area contributed by atoms with Crippen LogP contribution in [0, 0.1) is 17.8 Å². The van der Waals surface area contributed by atoms with Gasteiger partial charge < -0.3 is 5.32 Å². The Labute approximate surface area is 120 Å². The van der Waals surface area contributed by atoms with E-state index in [2.05, 4.69) is 73.0 Å². The summed E-state index contributed by atoms with van der Waals surface area (Å²) in [6.45, 7) is 8.10. The van der Waals surface area contributed by atoms with E-state index in [0.29, 0.717) is 9.97 Å². The number of nitrogens with one attached hydrogen (secondary N) is 1. The van der Waals surface area contributed by atoms with Gasteiger partial charge in [-0.1, -0.05) is 74.1 Å². The molecule has 2 heteroatoms. The third kappa shape index (κ3) is 5.12. The Kier molecular flexibility index (Phi) is 7.44. The first-order valence-electron chi connectivity index (χ1n) is 6.87. The Morgan fingerprint density at radius 3 is 2.65 bits per heavy atom. The van der Waals surface area contributed by atoms with E-state index in [1.54, 1.807) is 0 Å². The fourth-order valence-corrected chi connectivity index (χ4v) is 4.16. The third-order valence-corrected chi connectivity index (χ3v) is 4.76. The van der Waals surface area contributed by atoms with E-state index in [-0.39, 0.29) is 0 Å². The maximum absolute atomic E-state index is 3.69. The standard InChI is InChI=1S/C15H26IN/c1-4-5-11-17-15(16)14(12(2)3)13-9-7-6-8-10-13/h6-9,12-15,17H,4-5,10-11H2,1-3H3. The molecule has 1 aliphatic carbocycles. The number of alkyl halides is 1. The zero-order chi connectivity index (χ0) is 12.7. The average molecular weight is 347 g/mol. The molecule has 0 amide bonds. The summed E-state index contributed by atoms with van der Waals surface area (Å²) in [5.74, 6) is 2.16. The zero-order valence-corrected chi connectivity index (χ0v) is 13.5. The van der Waals surface area contributed by atoms with Gasteiger partial charge in [0.2, 0.25) is 0 Å². The number of hydrogen-bond donors (Lipinski definition) is 1. The van der Waals surface area contributed by atoms with Crippen molar-refractivity contribution in [1.29, 1.82) is 0 Å². The van der Waals surface area contributed by atoms with Crippen LogP contribution in [0.1, 0.15) is 40.0 Å². The quantitative estimate of drug-likeness (QED) is 0.309. The first-order chi connectivity index (χ1) is 8.16. The summed E-state index contributed by atoms with van der Waals surface area (Å²) in [6.07, 6.45) is 12.8. The van der Waals surface area contributed by atoms with Crippen molar-refractivity contribution in [3.05, 3.63) is 24.3 Å². The summed E-state index contributed by atoms with van der Waals surface area (Å²) in [5, 5.41) is 3.69. The zero-order valence-electron chi connectivity index (χ0n) is 11.3. The average Bonchev–Trinajstić information content (AvgIpc) is 2.30. The Morgan fingerprint density at radius 2 is 2.12 bits per heavy atom. The number of halogens is 1. The number of unbranched alkanes of at least 4 members (excludes halogenated alkanes) is 1. The van der Waals surface area contributed by atoms with Crippen LogP contribution in [0.15, 0.2) is 24.3 Å². The fraction of sp³-hybridized carbons (Fsp3) is 0.733. The topological polar surface area (TPSA) is 12.0 Å². The van der Waals surface area contributed by atoms with Crippen LogP contribution in [-0.2, 0) is 0 Å². The second kappa shape index (κ2) is 8.30. The van der Waals surface area contributed by atoms with Crippen molar-refractivity contribution in [3.8, 4) is 0 Å². The lowest BCUT2D eigenvalue weighted by Crippen LogP contribution is -2.38. The lowest BCUT2D eigenvalue weighted by Gasteiger charge is -2.33. The number of rotatable bonds is 7. The molecule has 98 valence electrons. The van der Waals surface area contributed by atoms with Crippen LogP contribution >= 0.6 is 22.6 Å². The summed E-state index contributed by atoms with van der Waals surface area (Å²) in [5.41, 5.74) is 0. The number of allylic oxidation sites excluding steroid dienone is 4. The van der Waals surface area contributed by atoms with Gasteiger partial charge in [0.05, 0.1) is 4.05 Å². The monoisotopic (exact) mass is 347 g/mol. The van der Waals surface area contributed by atoms with E-state index < -0.39 is 0 Å². The Balaban J connectivity index is 2.52. The number of hydrogen-bond acceptors (Lipinski definition) is 1. The van der Waals surface area contributed by atoms with Gasteiger partial charge in [-0.2, -0.15) is 0 Å². The van der Waals surface area contributed by atoms with Gasteiger partial charge in [0.15, 0.2) is 0 Å². The lowest BCUT2D eigenvalue weighted by atomic mass is 9.80. The van der Waals surface area contributed by atoms with Crippen LogP contribution in [0.4, 0.5) is 0 Å². The van der Waals surface area contributed by atoms with Crippen LogP contribution in [0.5, 0.6) is 0 Å². The van der Waals surface area contributed by atoms with Crippen molar-refractivity contribution in [2.75, 3.05) is 6.54 Å². The van der Waals surface area contributed by atoms with E-state index in [4.69, 9.17) is 0 Å². The Hall–Kier alpha value is 0.170. The van der Waals surface area contributed by atoms with Gasteiger partial charge in [-0.3, -0.25) is 0 Å². The molecule has 0 saturated heterocycles. The molecule has 0 saturated carbocycles. The minimum atomic E-state index is 0.584. The van der Waals surface area contributed by atoms with Gasteiger partial charge in [-0.15, -0.1) is 0 Å². The second-order valence-electron chi connectivity index (χ2n) is 5.24. The predicted molar refractivity (Wildman–Crippen MR) is 85.4 cm³/mol. The molecule has 1 rings (SSSR count). The van der Waals surface area contributed by atoms with E-state index in [0.717, 1.165) is 18.4 Å². The molecule has 0 aromatic carbocycles. The van der Waals surface area contributed by atoms with Gasteiger partial charge in [0.1, 0.15) is 0 Å². The molecule has 1 N–H and O–H groups in total. The van der Waals surface area contributed by atoms with Crippen LogP contribution in [-0.4, -0.2) is 10.6 Å². The molecule has 3 unspecified atom stereocenters. The highest BCUT2D eigenvalue weighted by atomic mass is 127. The largest absolute Gasteiger partial charge is 0.305 e. The molecule has 0 heterocycles. The van der Waals surface area contributed by atoms with E-state index in [9.17, 15) is 0 Å². The summed E-state index contributed by atoms with van der Waals surface area (Å²) in [7, 11) is 0. The first-order valence-corrected chi connectivity index (χ1v) is 8.12. The molecular formula is C15H26IN. The van der Waals surface area contributed by atoms with Crippen molar-refractivity contribution in [1.82, 2.24) is 5.32 Å². The molecule has 1 nitrogen and oxygen atoms in total. The molecule has 0 aromatic rings. The van der Waals surface area contributed by atoms with Gasteiger partial charge in [-0.05, 0) is 37.1 Å². The molecule has 0 fully saturated rings. The first kappa shape index (κ1) is 15.2. The molecule has 1 aliphatic rings. The Morgan fingerprint density at radius 1 is 1.35 bits per heavy atom. The smallest absolute Gasteiger partial charge is 0.0630 e.